The summed E-state index contributed by atoms with van der Waals surface area (Å²) in [5.74, 6) is -0.0598. The van der Waals surface area contributed by atoms with Gasteiger partial charge in [-0.2, -0.15) is 0 Å². The van der Waals surface area contributed by atoms with Gasteiger partial charge in [-0.1, -0.05) is 0 Å². The Balaban J connectivity index is 2.14. The predicted octanol–water partition coefficient (Wildman–Crippen LogP) is 1.64. The summed E-state index contributed by atoms with van der Waals surface area (Å²) in [6.45, 7) is 3.68. The Morgan fingerprint density at radius 2 is 2.13 bits per heavy atom. The number of amides is 1. The minimum Gasteiger partial charge on any atom is -0.370 e. The van der Waals surface area contributed by atoms with E-state index in [2.05, 4.69) is 15.2 Å². The van der Waals surface area contributed by atoms with Crippen LogP contribution in [-0.4, -0.2) is 24.0 Å². The van der Waals surface area contributed by atoms with Crippen LogP contribution < -0.4 is 10.2 Å². The lowest BCUT2D eigenvalue weighted by Gasteiger charge is -2.17. The van der Waals surface area contributed by atoms with Gasteiger partial charge >= 0.3 is 0 Å². The molecule has 1 saturated heterocycles. The van der Waals surface area contributed by atoms with Crippen LogP contribution in [0, 0.1) is 0 Å². The van der Waals surface area contributed by atoms with Gasteiger partial charge in [0.25, 0.3) is 0 Å². The fraction of sp³-hybridized carbons (Fsp3) is 0.455. The predicted molar refractivity (Wildman–Crippen MR) is 60.0 cm³/mol. The molecule has 0 spiro atoms. The number of carbonyl (C=O) groups is 1. The summed E-state index contributed by atoms with van der Waals surface area (Å²) in [6, 6.07) is 1.97. The van der Waals surface area contributed by atoms with Gasteiger partial charge in [0.05, 0.1) is 23.8 Å². The van der Waals surface area contributed by atoms with Crippen molar-refractivity contribution in [1.29, 1.82) is 0 Å². The minimum atomic E-state index is -0.0598. The molecule has 1 amide bonds. The molecule has 1 N–H and O–H groups in total. The molecular formula is C11H15N3O. The molecule has 0 bridgehead atoms. The molecule has 4 nitrogen and oxygen atoms in total. The highest BCUT2D eigenvalue weighted by atomic mass is 16.1. The second kappa shape index (κ2) is 4.29. The Kier molecular flexibility index (Phi) is 2.85. The molecule has 4 heteroatoms. The first-order valence-electron chi connectivity index (χ1n) is 5.23. The monoisotopic (exact) mass is 205 g/mol. The maximum atomic E-state index is 10.9. The standard InChI is InChI=1S/C11H15N3O/c1-9(15)13-10-6-11(8-12-7-10)14-4-2-3-5-14/h6-8H,2-5H2,1H3,(H,13,15). The topological polar surface area (TPSA) is 45.2 Å². The first-order chi connectivity index (χ1) is 7.25. The molecule has 1 aliphatic rings. The van der Waals surface area contributed by atoms with Crippen molar-refractivity contribution in [2.24, 2.45) is 0 Å². The van der Waals surface area contributed by atoms with Crippen molar-refractivity contribution in [2.75, 3.05) is 23.3 Å². The number of anilines is 2. The van der Waals surface area contributed by atoms with Crippen molar-refractivity contribution in [3.8, 4) is 0 Å². The first-order valence-corrected chi connectivity index (χ1v) is 5.23. The molecule has 15 heavy (non-hydrogen) atoms. The minimum absolute atomic E-state index is 0.0598. The SMILES string of the molecule is CC(=O)Nc1cncc(N2CCCC2)c1. The van der Waals surface area contributed by atoms with Gasteiger partial charge in [0.2, 0.25) is 5.91 Å². The van der Waals surface area contributed by atoms with E-state index >= 15 is 0 Å². The van der Waals surface area contributed by atoms with Gasteiger partial charge in [-0.15, -0.1) is 0 Å². The Hall–Kier alpha value is -1.58. The van der Waals surface area contributed by atoms with E-state index in [1.54, 1.807) is 6.20 Å². The van der Waals surface area contributed by atoms with Crippen molar-refractivity contribution in [1.82, 2.24) is 4.98 Å². The number of pyridine rings is 1. The third kappa shape index (κ3) is 2.46. The van der Waals surface area contributed by atoms with Crippen LogP contribution >= 0.6 is 0 Å². The molecule has 2 rings (SSSR count). The first kappa shape index (κ1) is 9.96. The number of hydrogen-bond acceptors (Lipinski definition) is 3. The van der Waals surface area contributed by atoms with Gasteiger partial charge < -0.3 is 10.2 Å². The average Bonchev–Trinajstić information content (AvgIpc) is 2.69. The molecular weight excluding hydrogens is 190 g/mol. The number of nitrogens with one attached hydrogen (secondary N) is 1. The second-order valence-corrected chi connectivity index (χ2v) is 3.81. The summed E-state index contributed by atoms with van der Waals surface area (Å²) in [5.41, 5.74) is 1.87. The number of hydrogen-bond donors (Lipinski definition) is 1. The van der Waals surface area contributed by atoms with Crippen molar-refractivity contribution < 1.29 is 4.79 Å². The highest BCUT2D eigenvalue weighted by molar-refractivity contribution is 5.88. The molecule has 0 atom stereocenters. The normalized spacial score (nSPS) is 15.4. The van der Waals surface area contributed by atoms with Crippen molar-refractivity contribution in [3.63, 3.8) is 0 Å². The Morgan fingerprint density at radius 3 is 2.80 bits per heavy atom. The molecule has 0 aromatic carbocycles. The van der Waals surface area contributed by atoms with E-state index in [1.165, 1.54) is 19.8 Å². The Morgan fingerprint density at radius 1 is 1.40 bits per heavy atom. The van der Waals surface area contributed by atoms with Crippen LogP contribution in [0.25, 0.3) is 0 Å². The van der Waals surface area contributed by atoms with E-state index in [1.807, 2.05) is 12.3 Å². The van der Waals surface area contributed by atoms with Gasteiger partial charge in [-0.25, -0.2) is 0 Å². The van der Waals surface area contributed by atoms with Crippen LogP contribution in [0.4, 0.5) is 11.4 Å². The Labute approximate surface area is 89.3 Å². The van der Waals surface area contributed by atoms with Gasteiger partial charge in [-0.3, -0.25) is 9.78 Å². The van der Waals surface area contributed by atoms with Crippen molar-refractivity contribution in [3.05, 3.63) is 18.5 Å². The van der Waals surface area contributed by atoms with Gasteiger partial charge in [0.1, 0.15) is 0 Å². The van der Waals surface area contributed by atoms with E-state index in [0.29, 0.717) is 0 Å². The van der Waals surface area contributed by atoms with Crippen LogP contribution in [-0.2, 0) is 4.79 Å². The van der Waals surface area contributed by atoms with Crippen LogP contribution in [0.1, 0.15) is 19.8 Å². The average molecular weight is 205 g/mol. The largest absolute Gasteiger partial charge is 0.370 e. The zero-order chi connectivity index (χ0) is 10.7. The number of nitrogens with zero attached hydrogens (tertiary/aromatic N) is 2. The molecule has 1 aromatic heterocycles. The zero-order valence-corrected chi connectivity index (χ0v) is 8.86. The van der Waals surface area contributed by atoms with E-state index in [4.69, 9.17) is 0 Å². The number of rotatable bonds is 2. The molecule has 1 aliphatic heterocycles. The fourth-order valence-electron chi connectivity index (χ4n) is 1.85. The number of carbonyl (C=O) groups excluding carboxylic acids is 1. The molecule has 0 unspecified atom stereocenters. The molecule has 80 valence electrons. The molecule has 0 saturated carbocycles. The summed E-state index contributed by atoms with van der Waals surface area (Å²) in [6.07, 6.45) is 5.99. The lowest BCUT2D eigenvalue weighted by atomic mass is 10.3. The van der Waals surface area contributed by atoms with Gasteiger partial charge in [-0.05, 0) is 18.9 Å². The lowest BCUT2D eigenvalue weighted by Crippen LogP contribution is -2.18. The summed E-state index contributed by atoms with van der Waals surface area (Å²) < 4.78 is 0. The summed E-state index contributed by atoms with van der Waals surface area (Å²) in [4.78, 5) is 17.3. The zero-order valence-electron chi connectivity index (χ0n) is 8.86. The molecule has 1 fully saturated rings. The van der Waals surface area contributed by atoms with Crippen LogP contribution in [0.2, 0.25) is 0 Å². The highest BCUT2D eigenvalue weighted by Gasteiger charge is 2.12. The van der Waals surface area contributed by atoms with Crippen molar-refractivity contribution >= 4 is 17.3 Å². The quantitative estimate of drug-likeness (QED) is 0.798. The summed E-state index contributed by atoms with van der Waals surface area (Å²) >= 11 is 0. The molecule has 0 aliphatic carbocycles. The maximum absolute atomic E-state index is 10.9. The maximum Gasteiger partial charge on any atom is 0.221 e. The molecule has 2 heterocycles. The lowest BCUT2D eigenvalue weighted by molar-refractivity contribution is -0.114. The van der Waals surface area contributed by atoms with Gasteiger partial charge in [0, 0.05) is 20.0 Å². The fourth-order valence-corrected chi connectivity index (χ4v) is 1.85. The smallest absolute Gasteiger partial charge is 0.221 e. The molecule has 1 aromatic rings. The third-order valence-electron chi connectivity index (χ3n) is 2.52. The van der Waals surface area contributed by atoms with Crippen LogP contribution in [0.15, 0.2) is 18.5 Å². The summed E-state index contributed by atoms with van der Waals surface area (Å²) in [5, 5.41) is 2.74. The highest BCUT2D eigenvalue weighted by Crippen LogP contribution is 2.21. The number of aromatic nitrogens is 1. The van der Waals surface area contributed by atoms with E-state index < -0.39 is 0 Å². The van der Waals surface area contributed by atoms with E-state index in [9.17, 15) is 4.79 Å². The Bertz CT molecular complexity index is 359. The van der Waals surface area contributed by atoms with E-state index in [-0.39, 0.29) is 5.91 Å². The second-order valence-electron chi connectivity index (χ2n) is 3.81. The van der Waals surface area contributed by atoms with Crippen LogP contribution in [0.5, 0.6) is 0 Å². The van der Waals surface area contributed by atoms with Crippen LogP contribution in [0.3, 0.4) is 0 Å². The third-order valence-corrected chi connectivity index (χ3v) is 2.52. The molecule has 0 radical (unpaired) electrons. The van der Waals surface area contributed by atoms with Gasteiger partial charge in [0.15, 0.2) is 0 Å². The van der Waals surface area contributed by atoms with Crippen molar-refractivity contribution in [2.45, 2.75) is 19.8 Å². The van der Waals surface area contributed by atoms with E-state index in [0.717, 1.165) is 24.5 Å². The summed E-state index contributed by atoms with van der Waals surface area (Å²) in [7, 11) is 0.